The van der Waals surface area contributed by atoms with Crippen molar-refractivity contribution >= 4 is 11.8 Å². The lowest BCUT2D eigenvalue weighted by molar-refractivity contribution is -0.137. The molecule has 4 nitrogen and oxygen atoms in total. The molecule has 0 saturated heterocycles. The standard InChI is InChI=1S/C17H25F3N2O2S/c1-22(2)12-7-5-6-11(12)21-16(23)15-13(24-3)8-10(17(18,19)20)9-14(15)25-4/h8-9,11-12,16,21,23H,5-7H2,1-4H3/t11-,12+,16?/m1/s1. The lowest BCUT2D eigenvalue weighted by Crippen LogP contribution is -2.45. The predicted molar refractivity (Wildman–Crippen MR) is 93.0 cm³/mol. The molecule has 1 aromatic carbocycles. The molecule has 0 heterocycles. The minimum atomic E-state index is -4.46. The Bertz CT molecular complexity index is 571. The Kier molecular flexibility index (Phi) is 6.64. The van der Waals surface area contributed by atoms with Crippen molar-refractivity contribution in [2.45, 2.75) is 48.6 Å². The SMILES string of the molecule is COc1cc(C(F)(F)F)cc(SC)c1C(O)N[C@@H]1CCC[C@@H]1N(C)C. The number of thioether (sulfide) groups is 1. The number of hydrogen-bond donors (Lipinski definition) is 2. The van der Waals surface area contributed by atoms with Crippen LogP contribution in [-0.2, 0) is 6.18 Å². The summed E-state index contributed by atoms with van der Waals surface area (Å²) >= 11 is 1.16. The molecular formula is C17H25F3N2O2S. The third kappa shape index (κ3) is 4.61. The van der Waals surface area contributed by atoms with Gasteiger partial charge in [0.05, 0.1) is 18.2 Å². The van der Waals surface area contributed by atoms with E-state index in [0.29, 0.717) is 10.5 Å². The first-order valence-corrected chi connectivity index (χ1v) is 9.35. The van der Waals surface area contributed by atoms with Crippen LogP contribution in [0.15, 0.2) is 17.0 Å². The lowest BCUT2D eigenvalue weighted by Gasteiger charge is -2.30. The maximum atomic E-state index is 13.1. The van der Waals surface area contributed by atoms with Crippen LogP contribution in [0.25, 0.3) is 0 Å². The van der Waals surface area contributed by atoms with Gasteiger partial charge in [-0.25, -0.2) is 0 Å². The Labute approximate surface area is 150 Å². The zero-order chi connectivity index (χ0) is 18.8. The third-order valence-electron chi connectivity index (χ3n) is 4.66. The second-order valence-electron chi connectivity index (χ2n) is 6.43. The molecular weight excluding hydrogens is 353 g/mol. The summed E-state index contributed by atoms with van der Waals surface area (Å²) in [5.41, 5.74) is -0.427. The molecule has 0 spiro atoms. The Morgan fingerprint density at radius 1 is 1.32 bits per heavy atom. The molecule has 1 saturated carbocycles. The second-order valence-corrected chi connectivity index (χ2v) is 7.28. The highest BCUT2D eigenvalue weighted by Gasteiger charge is 2.35. The van der Waals surface area contributed by atoms with E-state index in [1.165, 1.54) is 7.11 Å². The average Bonchev–Trinajstić information content (AvgIpc) is 3.00. The van der Waals surface area contributed by atoms with Gasteiger partial charge in [-0.15, -0.1) is 11.8 Å². The Morgan fingerprint density at radius 3 is 2.52 bits per heavy atom. The van der Waals surface area contributed by atoms with Gasteiger partial charge in [0, 0.05) is 17.0 Å². The molecule has 25 heavy (non-hydrogen) atoms. The van der Waals surface area contributed by atoms with Crippen molar-refractivity contribution < 1.29 is 23.0 Å². The molecule has 0 radical (unpaired) electrons. The van der Waals surface area contributed by atoms with E-state index >= 15 is 0 Å². The number of ether oxygens (including phenoxy) is 1. The van der Waals surface area contributed by atoms with Crippen LogP contribution in [0, 0.1) is 0 Å². The summed E-state index contributed by atoms with van der Waals surface area (Å²) in [7, 11) is 5.29. The molecule has 2 N–H and O–H groups in total. The Hall–Kier alpha value is -0.960. The molecule has 0 aromatic heterocycles. The van der Waals surface area contributed by atoms with Gasteiger partial charge in [0.1, 0.15) is 12.0 Å². The van der Waals surface area contributed by atoms with E-state index in [9.17, 15) is 18.3 Å². The van der Waals surface area contributed by atoms with Gasteiger partial charge in [0.2, 0.25) is 0 Å². The van der Waals surface area contributed by atoms with E-state index in [4.69, 9.17) is 4.74 Å². The van der Waals surface area contributed by atoms with Gasteiger partial charge in [0.25, 0.3) is 0 Å². The number of aliphatic hydroxyl groups is 1. The molecule has 8 heteroatoms. The van der Waals surface area contributed by atoms with Gasteiger partial charge < -0.3 is 14.7 Å². The van der Waals surface area contributed by atoms with Crippen LogP contribution in [0.2, 0.25) is 0 Å². The number of aliphatic hydroxyl groups excluding tert-OH is 1. The number of halogens is 3. The topological polar surface area (TPSA) is 44.7 Å². The third-order valence-corrected chi connectivity index (χ3v) is 5.44. The van der Waals surface area contributed by atoms with Crippen LogP contribution < -0.4 is 10.1 Å². The number of hydrogen-bond acceptors (Lipinski definition) is 5. The number of benzene rings is 1. The number of rotatable bonds is 6. The quantitative estimate of drug-likeness (QED) is 0.586. The molecule has 3 atom stereocenters. The van der Waals surface area contributed by atoms with Crippen molar-refractivity contribution in [2.75, 3.05) is 27.5 Å². The monoisotopic (exact) mass is 378 g/mol. The molecule has 1 fully saturated rings. The van der Waals surface area contributed by atoms with Crippen molar-refractivity contribution in [1.82, 2.24) is 10.2 Å². The van der Waals surface area contributed by atoms with E-state index in [1.54, 1.807) is 6.26 Å². The molecule has 1 aliphatic rings. The van der Waals surface area contributed by atoms with Crippen LogP contribution in [0.5, 0.6) is 5.75 Å². The molecule has 1 unspecified atom stereocenters. The van der Waals surface area contributed by atoms with Crippen molar-refractivity contribution in [3.8, 4) is 5.75 Å². The molecule has 0 bridgehead atoms. The number of likely N-dealkylation sites (N-methyl/N-ethyl adjacent to an activating group) is 1. The van der Waals surface area contributed by atoms with Crippen molar-refractivity contribution in [3.63, 3.8) is 0 Å². The van der Waals surface area contributed by atoms with E-state index in [-0.39, 0.29) is 17.8 Å². The fraction of sp³-hybridized carbons (Fsp3) is 0.647. The van der Waals surface area contributed by atoms with Crippen LogP contribution >= 0.6 is 11.8 Å². The first-order valence-electron chi connectivity index (χ1n) is 8.12. The van der Waals surface area contributed by atoms with E-state index in [1.807, 2.05) is 14.1 Å². The highest BCUT2D eigenvalue weighted by Crippen LogP contribution is 2.40. The van der Waals surface area contributed by atoms with Crippen molar-refractivity contribution in [1.29, 1.82) is 0 Å². The Morgan fingerprint density at radius 2 is 2.00 bits per heavy atom. The minimum Gasteiger partial charge on any atom is -0.496 e. The molecule has 0 aliphatic heterocycles. The summed E-state index contributed by atoms with van der Waals surface area (Å²) in [4.78, 5) is 2.46. The maximum absolute atomic E-state index is 13.1. The first-order chi connectivity index (χ1) is 11.7. The minimum absolute atomic E-state index is 0.0403. The van der Waals surface area contributed by atoms with Crippen LogP contribution in [0.1, 0.15) is 36.6 Å². The zero-order valence-electron chi connectivity index (χ0n) is 14.9. The second kappa shape index (κ2) is 8.16. The van der Waals surface area contributed by atoms with Gasteiger partial charge >= 0.3 is 6.18 Å². The van der Waals surface area contributed by atoms with Crippen molar-refractivity contribution in [3.05, 3.63) is 23.3 Å². The summed E-state index contributed by atoms with van der Waals surface area (Å²) in [6, 6.07) is 2.36. The summed E-state index contributed by atoms with van der Waals surface area (Å²) in [6.07, 6.45) is -0.883. The fourth-order valence-electron chi connectivity index (χ4n) is 3.41. The van der Waals surface area contributed by atoms with Gasteiger partial charge in [-0.1, -0.05) is 6.42 Å². The van der Waals surface area contributed by atoms with Crippen LogP contribution in [0.4, 0.5) is 13.2 Å². The smallest absolute Gasteiger partial charge is 0.416 e. The summed E-state index contributed by atoms with van der Waals surface area (Å²) in [5, 5.41) is 13.9. The fourth-order valence-corrected chi connectivity index (χ4v) is 4.09. The normalized spacial score (nSPS) is 22.4. The number of methoxy groups -OCH3 is 1. The summed E-state index contributed by atoms with van der Waals surface area (Å²) < 4.78 is 44.4. The van der Waals surface area contributed by atoms with Gasteiger partial charge in [-0.3, -0.25) is 5.32 Å². The first kappa shape index (κ1) is 20.4. The highest BCUT2D eigenvalue weighted by molar-refractivity contribution is 7.98. The summed E-state index contributed by atoms with van der Waals surface area (Å²) in [5.74, 6) is 0.0403. The number of alkyl halides is 3. The number of nitrogens with one attached hydrogen (secondary N) is 1. The van der Waals surface area contributed by atoms with Gasteiger partial charge in [-0.05, 0) is 45.3 Å². The predicted octanol–water partition coefficient (Wildman–Crippen LogP) is 3.50. The molecule has 1 aromatic rings. The number of nitrogens with zero attached hydrogens (tertiary/aromatic N) is 1. The zero-order valence-corrected chi connectivity index (χ0v) is 15.7. The van der Waals surface area contributed by atoms with Crippen LogP contribution in [-0.4, -0.2) is 49.6 Å². The van der Waals surface area contributed by atoms with Crippen LogP contribution in [0.3, 0.4) is 0 Å². The van der Waals surface area contributed by atoms with E-state index in [2.05, 4.69) is 10.2 Å². The molecule has 2 rings (SSSR count). The Balaban J connectivity index is 2.33. The average molecular weight is 378 g/mol. The maximum Gasteiger partial charge on any atom is 0.416 e. The van der Waals surface area contributed by atoms with E-state index in [0.717, 1.165) is 43.2 Å². The van der Waals surface area contributed by atoms with Crippen molar-refractivity contribution in [2.24, 2.45) is 0 Å². The summed E-state index contributed by atoms with van der Waals surface area (Å²) in [6.45, 7) is 0. The largest absolute Gasteiger partial charge is 0.496 e. The molecule has 1 aliphatic carbocycles. The lowest BCUT2D eigenvalue weighted by atomic mass is 10.1. The van der Waals surface area contributed by atoms with Gasteiger partial charge in [0.15, 0.2) is 0 Å². The molecule has 0 amide bonds. The van der Waals surface area contributed by atoms with E-state index < -0.39 is 18.0 Å². The van der Waals surface area contributed by atoms with Gasteiger partial charge in [-0.2, -0.15) is 13.2 Å². The molecule has 142 valence electrons. The highest BCUT2D eigenvalue weighted by atomic mass is 32.2.